The second kappa shape index (κ2) is 9.91. The van der Waals surface area contributed by atoms with E-state index in [9.17, 15) is 14.4 Å². The van der Waals surface area contributed by atoms with Crippen molar-refractivity contribution < 1.29 is 14.3 Å². The number of piperidine rings is 1. The molecule has 154 valence electrons. The second-order valence-corrected chi connectivity index (χ2v) is 7.36. The van der Waals surface area contributed by atoms with E-state index in [0.29, 0.717) is 31.7 Å². The zero-order valence-corrected chi connectivity index (χ0v) is 16.6. The van der Waals surface area contributed by atoms with E-state index in [0.717, 1.165) is 30.6 Å². The maximum Gasteiger partial charge on any atom is 0.270 e. The Morgan fingerprint density at radius 3 is 2.86 bits per heavy atom. The van der Waals surface area contributed by atoms with Crippen LogP contribution in [0.2, 0.25) is 0 Å². The van der Waals surface area contributed by atoms with Gasteiger partial charge < -0.3 is 19.9 Å². The number of nitrogens with one attached hydrogen (secondary N) is 2. The number of aromatic amines is 1. The summed E-state index contributed by atoms with van der Waals surface area (Å²) >= 11 is 0. The molecule has 7 nitrogen and oxygen atoms in total. The van der Waals surface area contributed by atoms with E-state index in [1.807, 2.05) is 24.3 Å². The number of hydrogen-bond acceptors (Lipinski definition) is 4. The van der Waals surface area contributed by atoms with E-state index in [1.54, 1.807) is 24.1 Å². The van der Waals surface area contributed by atoms with Crippen LogP contribution in [0.25, 0.3) is 0 Å². The number of benzene rings is 1. The first kappa shape index (κ1) is 20.6. The molecular weight excluding hydrogens is 370 g/mol. The van der Waals surface area contributed by atoms with Crippen molar-refractivity contribution in [1.82, 2.24) is 15.2 Å². The monoisotopic (exact) mass is 397 g/mol. The molecule has 0 unspecified atom stereocenters. The minimum Gasteiger partial charge on any atom is -0.497 e. The number of pyridine rings is 1. The largest absolute Gasteiger partial charge is 0.497 e. The van der Waals surface area contributed by atoms with Crippen LogP contribution in [0, 0.1) is 5.92 Å². The van der Waals surface area contributed by atoms with Crippen molar-refractivity contribution in [3.63, 3.8) is 0 Å². The van der Waals surface area contributed by atoms with Gasteiger partial charge in [0.25, 0.3) is 5.91 Å². The lowest BCUT2D eigenvalue weighted by Crippen LogP contribution is -2.41. The summed E-state index contributed by atoms with van der Waals surface area (Å²) in [6.45, 7) is 1.75. The molecule has 1 saturated heterocycles. The molecular formula is C22H27N3O4. The van der Waals surface area contributed by atoms with E-state index in [1.165, 1.54) is 6.07 Å². The smallest absolute Gasteiger partial charge is 0.270 e. The fourth-order valence-electron chi connectivity index (χ4n) is 3.63. The van der Waals surface area contributed by atoms with Gasteiger partial charge in [-0.3, -0.25) is 14.4 Å². The molecule has 3 rings (SSSR count). The van der Waals surface area contributed by atoms with Crippen LogP contribution in [0.5, 0.6) is 5.75 Å². The Labute approximate surface area is 170 Å². The van der Waals surface area contributed by atoms with Crippen LogP contribution in [-0.2, 0) is 11.3 Å². The number of nitrogens with zero attached hydrogens (tertiary/aromatic N) is 1. The van der Waals surface area contributed by atoms with Crippen LogP contribution in [0.3, 0.4) is 0 Å². The van der Waals surface area contributed by atoms with Crippen molar-refractivity contribution in [2.24, 2.45) is 5.92 Å². The number of methoxy groups -OCH3 is 1. The van der Waals surface area contributed by atoms with Gasteiger partial charge in [0.1, 0.15) is 11.4 Å². The first-order valence-electron chi connectivity index (χ1n) is 9.93. The number of amides is 2. The normalized spacial score (nSPS) is 16.3. The molecule has 0 spiro atoms. The molecule has 7 heteroatoms. The fourth-order valence-corrected chi connectivity index (χ4v) is 3.63. The molecule has 2 heterocycles. The number of carbonyl (C=O) groups excluding carboxylic acids is 2. The highest BCUT2D eigenvalue weighted by atomic mass is 16.5. The Morgan fingerprint density at radius 1 is 1.24 bits per heavy atom. The molecule has 2 N–H and O–H groups in total. The molecule has 1 atom stereocenters. The number of aromatic nitrogens is 1. The van der Waals surface area contributed by atoms with E-state index in [2.05, 4.69) is 10.3 Å². The number of H-pyrrole nitrogens is 1. The van der Waals surface area contributed by atoms with Crippen LogP contribution in [-0.4, -0.2) is 41.9 Å². The molecule has 29 heavy (non-hydrogen) atoms. The first-order valence-corrected chi connectivity index (χ1v) is 9.93. The average molecular weight is 397 g/mol. The minimum absolute atomic E-state index is 0.00339. The summed E-state index contributed by atoms with van der Waals surface area (Å²) in [5.41, 5.74) is 1.02. The number of likely N-dealkylation sites (tertiary alicyclic amines) is 1. The molecule has 1 aromatic carbocycles. The predicted molar refractivity (Wildman–Crippen MR) is 110 cm³/mol. The van der Waals surface area contributed by atoms with E-state index in [4.69, 9.17) is 4.74 Å². The molecule has 0 bridgehead atoms. The van der Waals surface area contributed by atoms with Crippen LogP contribution < -0.4 is 15.6 Å². The van der Waals surface area contributed by atoms with Crippen LogP contribution >= 0.6 is 0 Å². The van der Waals surface area contributed by atoms with E-state index < -0.39 is 0 Å². The standard InChI is InChI=1S/C22H27N3O4/c1-29-18-7-2-5-17(13-18)14-23-20(26)11-10-16-6-4-12-25(15-16)22(28)19-8-3-9-21(27)24-19/h2-3,5,7-9,13,16H,4,6,10-12,14-15H2,1H3,(H,23,26)(H,24,27)/t16-/m1/s1. The van der Waals surface area contributed by atoms with Gasteiger partial charge in [0.2, 0.25) is 11.5 Å². The lowest BCUT2D eigenvalue weighted by molar-refractivity contribution is -0.121. The summed E-state index contributed by atoms with van der Waals surface area (Å²) in [6, 6.07) is 12.2. The highest BCUT2D eigenvalue weighted by Crippen LogP contribution is 2.22. The van der Waals surface area contributed by atoms with Gasteiger partial charge in [-0.05, 0) is 48.9 Å². The van der Waals surface area contributed by atoms with Gasteiger partial charge in [-0.25, -0.2) is 0 Å². The Hall–Kier alpha value is -3.09. The molecule has 2 amide bonds. The van der Waals surface area contributed by atoms with Crippen molar-refractivity contribution >= 4 is 11.8 Å². The van der Waals surface area contributed by atoms with Gasteiger partial charge in [0, 0.05) is 32.1 Å². The van der Waals surface area contributed by atoms with Crippen LogP contribution in [0.15, 0.2) is 47.3 Å². The van der Waals surface area contributed by atoms with Crippen molar-refractivity contribution in [2.45, 2.75) is 32.2 Å². The number of carbonyl (C=O) groups is 2. The zero-order valence-electron chi connectivity index (χ0n) is 16.6. The van der Waals surface area contributed by atoms with Gasteiger partial charge in [-0.2, -0.15) is 0 Å². The molecule has 1 aliphatic rings. The summed E-state index contributed by atoms with van der Waals surface area (Å²) in [7, 11) is 1.62. The van der Waals surface area contributed by atoms with Crippen molar-refractivity contribution in [3.05, 3.63) is 64.1 Å². The van der Waals surface area contributed by atoms with Crippen molar-refractivity contribution in [3.8, 4) is 5.75 Å². The van der Waals surface area contributed by atoms with E-state index in [-0.39, 0.29) is 23.3 Å². The maximum atomic E-state index is 12.6. The maximum absolute atomic E-state index is 12.6. The Bertz CT molecular complexity index is 909. The lowest BCUT2D eigenvalue weighted by Gasteiger charge is -2.32. The third-order valence-corrected chi connectivity index (χ3v) is 5.21. The summed E-state index contributed by atoms with van der Waals surface area (Å²) in [5, 5.41) is 2.94. The number of rotatable bonds is 7. The van der Waals surface area contributed by atoms with Gasteiger partial charge in [0.05, 0.1) is 7.11 Å². The summed E-state index contributed by atoms with van der Waals surface area (Å²) in [5.74, 6) is 0.896. The van der Waals surface area contributed by atoms with Gasteiger partial charge in [0.15, 0.2) is 0 Å². The fraction of sp³-hybridized carbons (Fsp3) is 0.409. The molecule has 0 radical (unpaired) electrons. The third kappa shape index (κ3) is 5.94. The SMILES string of the molecule is COc1cccc(CNC(=O)CC[C@H]2CCCN(C(=O)c3cccc(=O)[nH]3)C2)c1. The highest BCUT2D eigenvalue weighted by Gasteiger charge is 2.25. The molecule has 1 fully saturated rings. The second-order valence-electron chi connectivity index (χ2n) is 7.36. The number of ether oxygens (including phenoxy) is 1. The van der Waals surface area contributed by atoms with Crippen LogP contribution in [0.4, 0.5) is 0 Å². The summed E-state index contributed by atoms with van der Waals surface area (Å²) < 4.78 is 5.19. The summed E-state index contributed by atoms with van der Waals surface area (Å²) in [6.07, 6.45) is 3.06. The Balaban J connectivity index is 1.45. The van der Waals surface area contributed by atoms with Crippen molar-refractivity contribution in [1.29, 1.82) is 0 Å². The Morgan fingerprint density at radius 2 is 2.07 bits per heavy atom. The van der Waals surface area contributed by atoms with Gasteiger partial charge in [-0.15, -0.1) is 0 Å². The predicted octanol–water partition coefficient (Wildman–Crippen LogP) is 2.33. The van der Waals surface area contributed by atoms with E-state index >= 15 is 0 Å². The molecule has 1 aliphatic heterocycles. The highest BCUT2D eigenvalue weighted by molar-refractivity contribution is 5.92. The topological polar surface area (TPSA) is 91.5 Å². The van der Waals surface area contributed by atoms with Gasteiger partial charge >= 0.3 is 0 Å². The quantitative estimate of drug-likeness (QED) is 0.750. The molecule has 0 aliphatic carbocycles. The van der Waals surface area contributed by atoms with Gasteiger partial charge in [-0.1, -0.05) is 18.2 Å². The lowest BCUT2D eigenvalue weighted by atomic mass is 9.93. The zero-order chi connectivity index (χ0) is 20.6. The average Bonchev–Trinajstić information content (AvgIpc) is 2.76. The third-order valence-electron chi connectivity index (χ3n) is 5.21. The molecule has 2 aromatic rings. The number of hydrogen-bond donors (Lipinski definition) is 2. The minimum atomic E-state index is -0.280. The Kier molecular flexibility index (Phi) is 7.05. The van der Waals surface area contributed by atoms with Crippen LogP contribution in [0.1, 0.15) is 41.7 Å². The first-order chi connectivity index (χ1) is 14.0. The molecule has 0 saturated carbocycles. The molecule has 1 aromatic heterocycles. The van der Waals surface area contributed by atoms with Crippen molar-refractivity contribution in [2.75, 3.05) is 20.2 Å². The summed E-state index contributed by atoms with van der Waals surface area (Å²) in [4.78, 5) is 40.6.